The van der Waals surface area contributed by atoms with Crippen molar-refractivity contribution < 1.29 is 41.0 Å². The van der Waals surface area contributed by atoms with E-state index in [1.54, 1.807) is 35.9 Å². The van der Waals surface area contributed by atoms with Gasteiger partial charge in [-0.3, -0.25) is 4.40 Å². The van der Waals surface area contributed by atoms with Crippen molar-refractivity contribution in [3.05, 3.63) is 60.6 Å². The molecule has 2 amide bonds. The Labute approximate surface area is 228 Å². The summed E-state index contributed by atoms with van der Waals surface area (Å²) in [7, 11) is 3.85. The molecule has 0 bridgehead atoms. The fourth-order valence-electron chi connectivity index (χ4n) is 3.47. The summed E-state index contributed by atoms with van der Waals surface area (Å²) in [5.74, 6) is -1.34. The number of anilines is 2. The number of nitrogens with zero attached hydrogens (tertiary/aromatic N) is 5. The lowest BCUT2D eigenvalue weighted by atomic mass is 10.1. The minimum atomic E-state index is -5.08. The predicted molar refractivity (Wildman–Crippen MR) is 137 cm³/mol. The number of aliphatic carboxylic acids is 1. The summed E-state index contributed by atoms with van der Waals surface area (Å²) in [6.07, 6.45) is -4.25. The topological polar surface area (TPSA) is 125 Å². The van der Waals surface area contributed by atoms with Gasteiger partial charge in [-0.1, -0.05) is 12.1 Å². The van der Waals surface area contributed by atoms with Gasteiger partial charge in [-0.15, -0.1) is 0 Å². The minimum absolute atomic E-state index is 0.355. The van der Waals surface area contributed by atoms with Crippen molar-refractivity contribution in [2.45, 2.75) is 19.3 Å². The number of pyridine rings is 1. The number of benzene rings is 1. The van der Waals surface area contributed by atoms with Gasteiger partial charge in [0.15, 0.2) is 5.82 Å². The number of aromatic nitrogens is 4. The summed E-state index contributed by atoms with van der Waals surface area (Å²) in [5.41, 5.74) is 4.29. The average Bonchev–Trinajstić information content (AvgIpc) is 3.30. The number of hydrogen-bond donors (Lipinski definition) is 3. The van der Waals surface area contributed by atoms with Crippen LogP contribution in [0.3, 0.4) is 0 Å². The first-order chi connectivity index (χ1) is 19.0. The van der Waals surface area contributed by atoms with Crippen molar-refractivity contribution in [1.29, 1.82) is 0 Å². The standard InChI is InChI=1S/C23H22F3N7O.C2HF3O2/c1-14-11-28-20(31-21(14)32(2)3)16-7-8-33-18(12-27-19(33)10-16)15-5-4-6-17(9-15)30-22(34)29-13-23(24,25)26;3-2(4,5)1(6)7/h4-12H,13H2,1-3H3,(H2,29,30,34);(H,6,7). The van der Waals surface area contributed by atoms with E-state index in [4.69, 9.17) is 9.90 Å². The third-order valence-corrected chi connectivity index (χ3v) is 5.25. The Morgan fingerprint density at radius 3 is 2.29 bits per heavy atom. The molecule has 0 aliphatic rings. The average molecular weight is 583 g/mol. The molecule has 3 N–H and O–H groups in total. The number of nitrogens with one attached hydrogen (secondary N) is 2. The van der Waals surface area contributed by atoms with E-state index in [0.29, 0.717) is 17.2 Å². The number of amides is 2. The lowest BCUT2D eigenvalue weighted by Crippen LogP contribution is -2.36. The molecule has 10 nitrogen and oxygen atoms in total. The highest BCUT2D eigenvalue weighted by atomic mass is 19.4. The highest BCUT2D eigenvalue weighted by Crippen LogP contribution is 2.27. The van der Waals surface area contributed by atoms with Gasteiger partial charge in [0.1, 0.15) is 18.0 Å². The zero-order chi connectivity index (χ0) is 30.5. The summed E-state index contributed by atoms with van der Waals surface area (Å²) in [5, 5.41) is 11.3. The third kappa shape index (κ3) is 8.30. The van der Waals surface area contributed by atoms with Crippen LogP contribution in [0.4, 0.5) is 42.6 Å². The van der Waals surface area contributed by atoms with E-state index in [0.717, 1.165) is 28.2 Å². The Morgan fingerprint density at radius 1 is 1.00 bits per heavy atom. The van der Waals surface area contributed by atoms with Crippen molar-refractivity contribution in [3.8, 4) is 22.6 Å². The van der Waals surface area contributed by atoms with Gasteiger partial charge in [-0.25, -0.2) is 24.5 Å². The van der Waals surface area contributed by atoms with Gasteiger partial charge >= 0.3 is 24.4 Å². The molecule has 0 saturated carbocycles. The van der Waals surface area contributed by atoms with Crippen molar-refractivity contribution in [3.63, 3.8) is 0 Å². The Bertz CT molecular complexity index is 1550. The maximum absolute atomic E-state index is 12.3. The molecule has 0 unspecified atom stereocenters. The van der Waals surface area contributed by atoms with Crippen LogP contribution >= 0.6 is 0 Å². The molecule has 0 aliphatic heterocycles. The number of urea groups is 1. The molecule has 0 atom stereocenters. The monoisotopic (exact) mass is 583 g/mol. The largest absolute Gasteiger partial charge is 0.490 e. The first kappa shape index (κ1) is 30.6. The van der Waals surface area contributed by atoms with Crippen LogP contribution in [0.2, 0.25) is 0 Å². The molecule has 218 valence electrons. The van der Waals surface area contributed by atoms with Gasteiger partial charge < -0.3 is 20.6 Å². The number of fused-ring (bicyclic) bond motifs is 1. The fourth-order valence-corrected chi connectivity index (χ4v) is 3.47. The third-order valence-electron chi connectivity index (χ3n) is 5.25. The molecular weight excluding hydrogens is 560 g/mol. The van der Waals surface area contributed by atoms with E-state index < -0.39 is 30.9 Å². The molecule has 0 aliphatic carbocycles. The summed E-state index contributed by atoms with van der Waals surface area (Å²) in [4.78, 5) is 36.2. The molecule has 4 rings (SSSR count). The Kier molecular flexibility index (Phi) is 9.04. The molecular formula is C25H23F6N7O3. The fraction of sp³-hybridized carbons (Fsp3) is 0.240. The Morgan fingerprint density at radius 2 is 1.68 bits per heavy atom. The number of alkyl halides is 6. The second kappa shape index (κ2) is 12.1. The molecule has 0 radical (unpaired) electrons. The summed E-state index contributed by atoms with van der Waals surface area (Å²) < 4.78 is 70.5. The van der Waals surface area contributed by atoms with E-state index in [1.165, 1.54) is 0 Å². The van der Waals surface area contributed by atoms with E-state index in [1.807, 2.05) is 54.7 Å². The normalized spacial score (nSPS) is 11.4. The quantitative estimate of drug-likeness (QED) is 0.278. The van der Waals surface area contributed by atoms with E-state index in [-0.39, 0.29) is 0 Å². The molecule has 0 spiro atoms. The van der Waals surface area contributed by atoms with Gasteiger partial charge in [0, 0.05) is 48.9 Å². The van der Waals surface area contributed by atoms with Crippen LogP contribution in [0.5, 0.6) is 0 Å². The SMILES string of the molecule is Cc1cnc(-c2ccn3c(-c4cccc(NC(=O)NCC(F)(F)F)c4)cnc3c2)nc1N(C)C.O=C(O)C(F)(F)F. The number of carbonyl (C=O) groups excluding carboxylic acids is 1. The van der Waals surface area contributed by atoms with Crippen LogP contribution in [0.15, 0.2) is 55.0 Å². The van der Waals surface area contributed by atoms with Crippen LogP contribution in [0, 0.1) is 6.92 Å². The van der Waals surface area contributed by atoms with Crippen molar-refractivity contribution in [2.24, 2.45) is 0 Å². The number of hydrogen-bond acceptors (Lipinski definition) is 6. The highest BCUT2D eigenvalue weighted by Gasteiger charge is 2.38. The van der Waals surface area contributed by atoms with Crippen LogP contribution in [0.1, 0.15) is 5.56 Å². The number of aryl methyl sites for hydroxylation is 1. The molecule has 3 aromatic heterocycles. The maximum atomic E-state index is 12.3. The van der Waals surface area contributed by atoms with Gasteiger partial charge in [-0.2, -0.15) is 26.3 Å². The highest BCUT2D eigenvalue weighted by molar-refractivity contribution is 5.90. The van der Waals surface area contributed by atoms with Crippen LogP contribution in [-0.4, -0.2) is 69.5 Å². The molecule has 3 heterocycles. The molecule has 4 aromatic rings. The Hall–Kier alpha value is -4.89. The van der Waals surface area contributed by atoms with Gasteiger partial charge in [0.25, 0.3) is 0 Å². The number of carboxylic acid groups (broad SMARTS) is 1. The number of halogens is 6. The zero-order valence-corrected chi connectivity index (χ0v) is 21.7. The van der Waals surface area contributed by atoms with Crippen LogP contribution in [-0.2, 0) is 4.79 Å². The van der Waals surface area contributed by atoms with E-state index >= 15 is 0 Å². The number of imidazole rings is 1. The lowest BCUT2D eigenvalue weighted by molar-refractivity contribution is -0.192. The number of carbonyl (C=O) groups is 2. The molecule has 41 heavy (non-hydrogen) atoms. The van der Waals surface area contributed by atoms with E-state index in [2.05, 4.69) is 20.3 Å². The first-order valence-corrected chi connectivity index (χ1v) is 11.6. The predicted octanol–water partition coefficient (Wildman–Crippen LogP) is 5.15. The van der Waals surface area contributed by atoms with Crippen molar-refractivity contribution >= 4 is 29.2 Å². The Balaban J connectivity index is 0.000000587. The van der Waals surface area contributed by atoms with Crippen molar-refractivity contribution in [1.82, 2.24) is 24.7 Å². The molecule has 1 aromatic carbocycles. The van der Waals surface area contributed by atoms with Gasteiger partial charge in [0.2, 0.25) is 0 Å². The summed E-state index contributed by atoms with van der Waals surface area (Å²) >= 11 is 0. The second-order valence-electron chi connectivity index (χ2n) is 8.69. The first-order valence-electron chi connectivity index (χ1n) is 11.6. The van der Waals surface area contributed by atoms with Crippen LogP contribution in [0.25, 0.3) is 28.3 Å². The number of rotatable bonds is 5. The van der Waals surface area contributed by atoms with E-state index in [9.17, 15) is 31.1 Å². The van der Waals surface area contributed by atoms with Crippen LogP contribution < -0.4 is 15.5 Å². The maximum Gasteiger partial charge on any atom is 0.490 e. The number of carboxylic acids is 1. The van der Waals surface area contributed by atoms with Gasteiger partial charge in [-0.05, 0) is 31.2 Å². The second-order valence-corrected chi connectivity index (χ2v) is 8.69. The smallest absolute Gasteiger partial charge is 0.475 e. The van der Waals surface area contributed by atoms with Gasteiger partial charge in [0.05, 0.1) is 11.9 Å². The summed E-state index contributed by atoms with van der Waals surface area (Å²) in [6.45, 7) is 0.543. The molecule has 0 saturated heterocycles. The lowest BCUT2D eigenvalue weighted by Gasteiger charge is -2.14. The summed E-state index contributed by atoms with van der Waals surface area (Å²) in [6, 6.07) is 9.60. The zero-order valence-electron chi connectivity index (χ0n) is 21.7. The molecule has 16 heteroatoms. The minimum Gasteiger partial charge on any atom is -0.475 e. The van der Waals surface area contributed by atoms with Crippen molar-refractivity contribution in [2.75, 3.05) is 30.9 Å². The molecule has 0 fully saturated rings.